The molecule has 0 saturated heterocycles. The number of nitrogens with zero attached hydrogens (tertiary/aromatic N) is 2. The first-order valence-electron chi connectivity index (χ1n) is 4.43. The summed E-state index contributed by atoms with van der Waals surface area (Å²) in [6.45, 7) is 0.0846. The highest BCUT2D eigenvalue weighted by atomic mass is 35.5. The second kappa shape index (κ2) is 7.72. The van der Waals surface area contributed by atoms with E-state index in [4.69, 9.17) is 10.8 Å². The number of nitrogen functional groups attached to an aromatic ring is 1. The Kier molecular flexibility index (Phi) is 7.48. The highest BCUT2D eigenvalue weighted by Crippen LogP contribution is 2.16. The zero-order chi connectivity index (χ0) is 11.3. The van der Waals surface area contributed by atoms with Crippen molar-refractivity contribution in [2.24, 2.45) is 0 Å². The zero-order valence-electron chi connectivity index (χ0n) is 8.47. The number of nitrogens with two attached hydrogens (primary N) is 1. The second-order valence-electron chi connectivity index (χ2n) is 3.01. The van der Waals surface area contributed by atoms with Crippen molar-refractivity contribution in [1.29, 1.82) is 0 Å². The molecular formula is C8H14ClF2N3OS. The molecule has 16 heavy (non-hydrogen) atoms. The van der Waals surface area contributed by atoms with Gasteiger partial charge in [-0.25, -0.2) is 13.8 Å². The van der Waals surface area contributed by atoms with E-state index >= 15 is 0 Å². The Morgan fingerprint density at radius 2 is 2.25 bits per heavy atom. The van der Waals surface area contributed by atoms with Gasteiger partial charge in [-0.05, 0) is 0 Å². The van der Waals surface area contributed by atoms with Gasteiger partial charge in [-0.15, -0.1) is 23.7 Å². The number of alkyl halides is 2. The van der Waals surface area contributed by atoms with Gasteiger partial charge in [0.05, 0.1) is 13.2 Å². The maximum atomic E-state index is 12.2. The molecule has 0 aromatic carbocycles. The average molecular weight is 274 g/mol. The molecule has 0 spiro atoms. The monoisotopic (exact) mass is 273 g/mol. The normalized spacial score (nSPS) is 10.8. The van der Waals surface area contributed by atoms with Crippen molar-refractivity contribution in [1.82, 2.24) is 9.88 Å². The van der Waals surface area contributed by atoms with E-state index in [0.717, 1.165) is 4.88 Å². The van der Waals surface area contributed by atoms with Gasteiger partial charge in [0.2, 0.25) is 0 Å². The molecule has 0 bridgehead atoms. The van der Waals surface area contributed by atoms with Crippen molar-refractivity contribution in [3.8, 4) is 0 Å². The topological polar surface area (TPSA) is 62.4 Å². The number of halogens is 3. The lowest BCUT2D eigenvalue weighted by Crippen LogP contribution is -2.30. The van der Waals surface area contributed by atoms with Crippen molar-refractivity contribution in [3.05, 3.63) is 11.1 Å². The molecule has 1 heterocycles. The van der Waals surface area contributed by atoms with Crippen LogP contribution in [-0.2, 0) is 6.54 Å². The van der Waals surface area contributed by atoms with Crippen molar-refractivity contribution in [3.63, 3.8) is 0 Å². The molecule has 3 N–H and O–H groups in total. The summed E-state index contributed by atoms with van der Waals surface area (Å²) >= 11 is 1.27. The molecule has 4 nitrogen and oxygen atoms in total. The quantitative estimate of drug-likeness (QED) is 0.818. The van der Waals surface area contributed by atoms with Crippen LogP contribution in [0.1, 0.15) is 4.88 Å². The summed E-state index contributed by atoms with van der Waals surface area (Å²) in [5.74, 6) is 0. The molecule has 0 aliphatic heterocycles. The molecule has 0 aliphatic carbocycles. The summed E-state index contributed by atoms with van der Waals surface area (Å²) in [5, 5.41) is 9.13. The number of aliphatic hydroxyl groups excluding tert-OH is 1. The molecule has 0 radical (unpaired) electrons. The third-order valence-electron chi connectivity index (χ3n) is 1.76. The Morgan fingerprint density at radius 3 is 2.69 bits per heavy atom. The van der Waals surface area contributed by atoms with Gasteiger partial charge in [-0.3, -0.25) is 4.90 Å². The average Bonchev–Trinajstić information content (AvgIpc) is 2.50. The van der Waals surface area contributed by atoms with Crippen LogP contribution in [0.4, 0.5) is 13.9 Å². The molecule has 1 aromatic rings. The van der Waals surface area contributed by atoms with Crippen LogP contribution in [0.5, 0.6) is 0 Å². The first kappa shape index (κ1) is 15.5. The summed E-state index contributed by atoms with van der Waals surface area (Å²) in [7, 11) is 0. The molecule has 1 rings (SSSR count). The molecule has 0 fully saturated rings. The highest BCUT2D eigenvalue weighted by molar-refractivity contribution is 7.15. The van der Waals surface area contributed by atoms with E-state index in [1.807, 2.05) is 0 Å². The Balaban J connectivity index is 0.00000225. The molecule has 0 saturated carbocycles. The van der Waals surface area contributed by atoms with Gasteiger partial charge < -0.3 is 10.8 Å². The third-order valence-corrected chi connectivity index (χ3v) is 2.57. The van der Waals surface area contributed by atoms with E-state index in [-0.39, 0.29) is 32.1 Å². The predicted molar refractivity (Wildman–Crippen MR) is 62.1 cm³/mol. The number of rotatable bonds is 6. The van der Waals surface area contributed by atoms with Crippen LogP contribution in [0.3, 0.4) is 0 Å². The number of aliphatic hydroxyl groups is 1. The Morgan fingerprint density at radius 1 is 1.56 bits per heavy atom. The van der Waals surface area contributed by atoms with Crippen LogP contribution in [0.25, 0.3) is 0 Å². The number of aromatic nitrogens is 1. The molecule has 8 heteroatoms. The number of hydrogen-bond donors (Lipinski definition) is 2. The first-order valence-corrected chi connectivity index (χ1v) is 5.25. The third kappa shape index (κ3) is 5.55. The van der Waals surface area contributed by atoms with Gasteiger partial charge in [0, 0.05) is 24.2 Å². The predicted octanol–water partition coefficient (Wildman–Crippen LogP) is 1.21. The van der Waals surface area contributed by atoms with Crippen LogP contribution in [0.2, 0.25) is 0 Å². The lowest BCUT2D eigenvalue weighted by atomic mass is 10.4. The van der Waals surface area contributed by atoms with Crippen LogP contribution in [-0.4, -0.2) is 41.1 Å². The molecule has 94 valence electrons. The number of hydrogen-bond acceptors (Lipinski definition) is 5. The molecule has 1 aromatic heterocycles. The van der Waals surface area contributed by atoms with Gasteiger partial charge >= 0.3 is 0 Å². The first-order chi connectivity index (χ1) is 7.11. The minimum absolute atomic E-state index is 0. The summed E-state index contributed by atoms with van der Waals surface area (Å²) in [4.78, 5) is 6.12. The minimum atomic E-state index is -2.40. The standard InChI is InChI=1S/C8H13F2N3OS.ClH/c9-7(10)5-13(1-2-14)4-6-3-12-8(11)15-6;/h3,7,14H,1-2,4-5H2,(H2,11,12);1H. The fourth-order valence-electron chi connectivity index (χ4n) is 1.19. The van der Waals surface area contributed by atoms with Crippen LogP contribution < -0.4 is 5.73 Å². The summed E-state index contributed by atoms with van der Waals surface area (Å²) in [5.41, 5.74) is 5.42. The highest BCUT2D eigenvalue weighted by Gasteiger charge is 2.13. The molecule has 0 aliphatic rings. The zero-order valence-corrected chi connectivity index (χ0v) is 10.1. The summed E-state index contributed by atoms with van der Waals surface area (Å²) < 4.78 is 24.3. The molecule has 0 amide bonds. The molecule has 0 atom stereocenters. The number of anilines is 1. The maximum absolute atomic E-state index is 12.2. The fraction of sp³-hybridized carbons (Fsp3) is 0.625. The van der Waals surface area contributed by atoms with E-state index in [0.29, 0.717) is 11.7 Å². The van der Waals surface area contributed by atoms with Crippen molar-refractivity contribution < 1.29 is 13.9 Å². The number of thiazole rings is 1. The minimum Gasteiger partial charge on any atom is -0.395 e. The van der Waals surface area contributed by atoms with Gasteiger partial charge in [0.25, 0.3) is 6.43 Å². The summed E-state index contributed by atoms with van der Waals surface area (Å²) in [6, 6.07) is 0. The molecular weight excluding hydrogens is 260 g/mol. The SMILES string of the molecule is Cl.Nc1ncc(CN(CCO)CC(F)F)s1. The second-order valence-corrected chi connectivity index (χ2v) is 4.16. The van der Waals surface area contributed by atoms with E-state index in [1.165, 1.54) is 16.2 Å². The van der Waals surface area contributed by atoms with Gasteiger partial charge in [-0.2, -0.15) is 0 Å². The van der Waals surface area contributed by atoms with Gasteiger partial charge in [0.15, 0.2) is 5.13 Å². The van der Waals surface area contributed by atoms with Gasteiger partial charge in [-0.1, -0.05) is 0 Å². The van der Waals surface area contributed by atoms with E-state index in [2.05, 4.69) is 4.98 Å². The Hall–Kier alpha value is -0.500. The Labute approximate surface area is 102 Å². The van der Waals surface area contributed by atoms with Gasteiger partial charge in [0.1, 0.15) is 0 Å². The van der Waals surface area contributed by atoms with Crippen molar-refractivity contribution in [2.45, 2.75) is 13.0 Å². The van der Waals surface area contributed by atoms with Crippen molar-refractivity contribution >= 4 is 28.9 Å². The van der Waals surface area contributed by atoms with Crippen LogP contribution in [0, 0.1) is 0 Å². The van der Waals surface area contributed by atoms with Crippen LogP contribution in [0.15, 0.2) is 6.20 Å². The Bertz CT molecular complexity index is 301. The summed E-state index contributed by atoms with van der Waals surface area (Å²) in [6.07, 6.45) is -0.836. The maximum Gasteiger partial charge on any atom is 0.251 e. The van der Waals surface area contributed by atoms with Crippen molar-refractivity contribution in [2.75, 3.05) is 25.4 Å². The smallest absolute Gasteiger partial charge is 0.251 e. The van der Waals surface area contributed by atoms with E-state index in [1.54, 1.807) is 6.20 Å². The molecule has 0 unspecified atom stereocenters. The fourth-order valence-corrected chi connectivity index (χ4v) is 1.91. The lowest BCUT2D eigenvalue weighted by molar-refractivity contribution is 0.0751. The van der Waals surface area contributed by atoms with E-state index < -0.39 is 6.43 Å². The lowest BCUT2D eigenvalue weighted by Gasteiger charge is -2.19. The van der Waals surface area contributed by atoms with Crippen LogP contribution >= 0.6 is 23.7 Å². The van der Waals surface area contributed by atoms with E-state index in [9.17, 15) is 8.78 Å². The largest absolute Gasteiger partial charge is 0.395 e.